The maximum absolute atomic E-state index is 13.2. The molecule has 0 bridgehead atoms. The number of nitrogens with zero attached hydrogens (tertiary/aromatic N) is 4. The number of thioether (sulfide) groups is 1. The first kappa shape index (κ1) is 23.2. The number of carbonyl (C=O) groups excluding carboxylic acids is 2. The smallest absolute Gasteiger partial charge is 0.281 e. The summed E-state index contributed by atoms with van der Waals surface area (Å²) >= 11 is 2.45. The van der Waals surface area contributed by atoms with Crippen LogP contribution in [-0.4, -0.2) is 50.2 Å². The predicted molar refractivity (Wildman–Crippen MR) is 124 cm³/mol. The monoisotopic (exact) mass is 490 g/mol. The highest BCUT2D eigenvalue weighted by Crippen LogP contribution is 2.27. The van der Waals surface area contributed by atoms with E-state index in [9.17, 15) is 14.0 Å². The van der Waals surface area contributed by atoms with Crippen molar-refractivity contribution < 1.29 is 18.7 Å². The second-order valence-electron chi connectivity index (χ2n) is 7.36. The van der Waals surface area contributed by atoms with Gasteiger partial charge in [0.25, 0.3) is 5.91 Å². The van der Waals surface area contributed by atoms with Gasteiger partial charge in [0.1, 0.15) is 5.82 Å². The molecule has 0 atom stereocenters. The standard InChI is InChI=1S/C21H23FN6O3S2/c1-2-31-16-11-28(15-9-7-13(22)8-10-15)27-18(16)19(30)24-20-25-26-21(33-20)32-12-17(29)23-14-5-3-4-6-14/h7-11,14H,2-6,12H2,1H3,(H,23,29)(H,24,25,30). The van der Waals surface area contributed by atoms with Gasteiger partial charge in [-0.15, -0.1) is 10.2 Å². The lowest BCUT2D eigenvalue weighted by Gasteiger charge is -2.10. The van der Waals surface area contributed by atoms with Gasteiger partial charge in [0.2, 0.25) is 11.0 Å². The molecular weight excluding hydrogens is 467 g/mol. The molecule has 2 heterocycles. The van der Waals surface area contributed by atoms with E-state index < -0.39 is 5.91 Å². The zero-order valence-electron chi connectivity index (χ0n) is 17.9. The van der Waals surface area contributed by atoms with E-state index in [2.05, 4.69) is 25.9 Å². The van der Waals surface area contributed by atoms with E-state index in [-0.39, 0.29) is 34.3 Å². The largest absolute Gasteiger partial charge is 0.490 e. The summed E-state index contributed by atoms with van der Waals surface area (Å²) in [6.45, 7) is 2.14. The van der Waals surface area contributed by atoms with Gasteiger partial charge in [0.05, 0.1) is 24.2 Å². The summed E-state index contributed by atoms with van der Waals surface area (Å²) in [4.78, 5) is 24.9. The van der Waals surface area contributed by atoms with Crippen molar-refractivity contribution in [3.8, 4) is 11.4 Å². The summed E-state index contributed by atoms with van der Waals surface area (Å²) < 4.78 is 20.8. The summed E-state index contributed by atoms with van der Waals surface area (Å²) in [5.74, 6) is -0.362. The van der Waals surface area contributed by atoms with Crippen LogP contribution in [0.1, 0.15) is 43.1 Å². The van der Waals surface area contributed by atoms with E-state index in [1.54, 1.807) is 25.3 Å². The number of hydrogen-bond donors (Lipinski definition) is 2. The van der Waals surface area contributed by atoms with Crippen LogP contribution < -0.4 is 15.4 Å². The Balaban J connectivity index is 1.38. The number of nitrogens with one attached hydrogen (secondary N) is 2. The number of aromatic nitrogens is 4. The molecule has 2 aromatic heterocycles. The lowest BCUT2D eigenvalue weighted by Crippen LogP contribution is -2.33. The van der Waals surface area contributed by atoms with Gasteiger partial charge in [-0.3, -0.25) is 14.9 Å². The maximum Gasteiger partial charge on any atom is 0.281 e. The van der Waals surface area contributed by atoms with Gasteiger partial charge in [-0.05, 0) is 44.0 Å². The summed E-state index contributed by atoms with van der Waals surface area (Å²) in [5, 5.41) is 18.3. The van der Waals surface area contributed by atoms with Crippen molar-refractivity contribution in [2.24, 2.45) is 0 Å². The van der Waals surface area contributed by atoms with Crippen molar-refractivity contribution >= 4 is 40.0 Å². The molecule has 1 aliphatic carbocycles. The van der Waals surface area contributed by atoms with E-state index in [1.807, 2.05) is 0 Å². The first-order valence-corrected chi connectivity index (χ1v) is 12.4. The Morgan fingerprint density at radius 1 is 1.24 bits per heavy atom. The number of anilines is 1. The number of benzene rings is 1. The molecule has 9 nitrogen and oxygen atoms in total. The average molecular weight is 491 g/mol. The number of hydrogen-bond acceptors (Lipinski definition) is 8. The molecule has 33 heavy (non-hydrogen) atoms. The minimum absolute atomic E-state index is 0.0274. The summed E-state index contributed by atoms with van der Waals surface area (Å²) in [6.07, 6.45) is 5.95. The fraction of sp³-hybridized carbons (Fsp3) is 0.381. The van der Waals surface area contributed by atoms with Crippen LogP contribution in [0.4, 0.5) is 9.52 Å². The van der Waals surface area contributed by atoms with E-state index in [0.717, 1.165) is 25.7 Å². The lowest BCUT2D eigenvalue weighted by atomic mass is 10.2. The molecule has 12 heteroatoms. The van der Waals surface area contributed by atoms with E-state index in [4.69, 9.17) is 4.74 Å². The molecule has 0 radical (unpaired) electrons. The lowest BCUT2D eigenvalue weighted by molar-refractivity contribution is -0.119. The fourth-order valence-electron chi connectivity index (χ4n) is 3.44. The molecule has 1 aromatic carbocycles. The Labute approximate surface area is 198 Å². The zero-order chi connectivity index (χ0) is 23.2. The molecule has 0 spiro atoms. The second-order valence-corrected chi connectivity index (χ2v) is 9.56. The molecule has 0 aliphatic heterocycles. The first-order valence-electron chi connectivity index (χ1n) is 10.6. The summed E-state index contributed by atoms with van der Waals surface area (Å²) in [7, 11) is 0. The van der Waals surface area contributed by atoms with Gasteiger partial charge in [-0.2, -0.15) is 5.10 Å². The van der Waals surface area contributed by atoms with Crippen molar-refractivity contribution in [2.45, 2.75) is 43.0 Å². The van der Waals surface area contributed by atoms with Crippen molar-refractivity contribution in [2.75, 3.05) is 17.7 Å². The third kappa shape index (κ3) is 6.08. The molecule has 1 saturated carbocycles. The van der Waals surface area contributed by atoms with Crippen LogP contribution in [0.5, 0.6) is 5.75 Å². The molecule has 4 rings (SSSR count). The van der Waals surface area contributed by atoms with E-state index in [0.29, 0.717) is 22.4 Å². The number of rotatable bonds is 9. The molecular formula is C21H23FN6O3S2. The summed E-state index contributed by atoms with van der Waals surface area (Å²) in [5.41, 5.74) is 0.656. The molecule has 2 amide bonds. The normalized spacial score (nSPS) is 13.8. The van der Waals surface area contributed by atoms with Crippen LogP contribution in [0.15, 0.2) is 34.8 Å². The van der Waals surface area contributed by atoms with Crippen molar-refractivity contribution in [3.05, 3.63) is 42.0 Å². The topological polar surface area (TPSA) is 111 Å². The van der Waals surface area contributed by atoms with Crippen LogP contribution in [0, 0.1) is 5.82 Å². The van der Waals surface area contributed by atoms with Crippen molar-refractivity contribution in [1.29, 1.82) is 0 Å². The highest BCUT2D eigenvalue weighted by molar-refractivity contribution is 8.01. The number of carbonyl (C=O) groups is 2. The fourth-order valence-corrected chi connectivity index (χ4v) is 5.00. The van der Waals surface area contributed by atoms with Crippen LogP contribution in [-0.2, 0) is 4.79 Å². The predicted octanol–water partition coefficient (Wildman–Crippen LogP) is 3.66. The molecule has 174 valence electrons. The molecule has 1 fully saturated rings. The quantitative estimate of drug-likeness (QED) is 0.348. The van der Waals surface area contributed by atoms with Crippen molar-refractivity contribution in [1.82, 2.24) is 25.3 Å². The Kier molecular flexibility index (Phi) is 7.55. The number of ether oxygens (including phenoxy) is 1. The van der Waals surface area contributed by atoms with Gasteiger partial charge < -0.3 is 10.1 Å². The van der Waals surface area contributed by atoms with Crippen LogP contribution in [0.3, 0.4) is 0 Å². The van der Waals surface area contributed by atoms with Gasteiger partial charge in [-0.1, -0.05) is 35.9 Å². The summed E-state index contributed by atoms with van der Waals surface area (Å²) in [6, 6.07) is 6.00. The Morgan fingerprint density at radius 3 is 2.73 bits per heavy atom. The van der Waals surface area contributed by atoms with Crippen LogP contribution in [0.25, 0.3) is 5.69 Å². The average Bonchev–Trinajstić information content (AvgIpc) is 3.55. The molecule has 3 aromatic rings. The van der Waals surface area contributed by atoms with E-state index in [1.165, 1.54) is 39.9 Å². The molecule has 0 saturated heterocycles. The second kappa shape index (κ2) is 10.8. The van der Waals surface area contributed by atoms with Crippen molar-refractivity contribution in [3.63, 3.8) is 0 Å². The van der Waals surface area contributed by atoms with Gasteiger partial charge in [-0.25, -0.2) is 9.07 Å². The van der Waals surface area contributed by atoms with Gasteiger partial charge in [0.15, 0.2) is 15.8 Å². The van der Waals surface area contributed by atoms with E-state index >= 15 is 0 Å². The zero-order valence-corrected chi connectivity index (χ0v) is 19.5. The molecule has 1 aliphatic rings. The minimum Gasteiger partial charge on any atom is -0.490 e. The highest BCUT2D eigenvalue weighted by atomic mass is 32.2. The Morgan fingerprint density at radius 2 is 2.00 bits per heavy atom. The number of halogens is 1. The number of amides is 2. The SMILES string of the molecule is CCOc1cn(-c2ccc(F)cc2)nc1C(=O)Nc1nnc(SCC(=O)NC2CCCC2)s1. The Hall–Kier alpha value is -2.99. The third-order valence-electron chi connectivity index (χ3n) is 4.96. The van der Waals surface area contributed by atoms with Gasteiger partial charge in [0, 0.05) is 6.04 Å². The Bertz CT molecular complexity index is 1110. The molecule has 0 unspecified atom stereocenters. The maximum atomic E-state index is 13.2. The van der Waals surface area contributed by atoms with Gasteiger partial charge >= 0.3 is 0 Å². The minimum atomic E-state index is -0.508. The van der Waals surface area contributed by atoms with Crippen LogP contribution >= 0.6 is 23.1 Å². The molecule has 2 N–H and O–H groups in total. The third-order valence-corrected chi connectivity index (χ3v) is 6.93. The highest BCUT2D eigenvalue weighted by Gasteiger charge is 2.21. The van der Waals surface area contributed by atoms with Crippen LogP contribution in [0.2, 0.25) is 0 Å². The first-order chi connectivity index (χ1) is 16.0.